The second kappa shape index (κ2) is 35.7. The van der Waals surface area contributed by atoms with Crippen molar-refractivity contribution in [1.82, 2.24) is 5.32 Å². The molecule has 3 nitrogen and oxygen atoms in total. The molecular formula is C41H85NO2. The van der Waals surface area contributed by atoms with Crippen LogP contribution in [0.5, 0.6) is 0 Å². The van der Waals surface area contributed by atoms with Crippen LogP contribution in [0.3, 0.4) is 0 Å². The van der Waals surface area contributed by atoms with Gasteiger partial charge in [0.25, 0.3) is 0 Å². The van der Waals surface area contributed by atoms with Crippen LogP contribution in [0.4, 0.5) is 0 Å². The van der Waals surface area contributed by atoms with Gasteiger partial charge in [-0.3, -0.25) is 5.32 Å². The maximum atomic E-state index is 6.31. The summed E-state index contributed by atoms with van der Waals surface area (Å²) in [7, 11) is 2.00. The van der Waals surface area contributed by atoms with E-state index in [9.17, 15) is 0 Å². The summed E-state index contributed by atoms with van der Waals surface area (Å²) in [5.41, 5.74) is -0.398. The number of hydrogen-bond donors (Lipinski definition) is 1. The van der Waals surface area contributed by atoms with E-state index in [0.29, 0.717) is 0 Å². The van der Waals surface area contributed by atoms with Gasteiger partial charge in [-0.05, 0) is 33.7 Å². The molecule has 1 N–H and O–H groups in total. The van der Waals surface area contributed by atoms with Crippen molar-refractivity contribution in [2.75, 3.05) is 20.3 Å². The van der Waals surface area contributed by atoms with Gasteiger partial charge in [0.1, 0.15) is 5.72 Å². The number of nitrogens with one attached hydrogen (secondary N) is 1. The lowest BCUT2D eigenvalue weighted by molar-refractivity contribution is -0.146. The third kappa shape index (κ3) is 30.5. The quantitative estimate of drug-likeness (QED) is 0.0548. The summed E-state index contributed by atoms with van der Waals surface area (Å²) in [6, 6.07) is 0. The summed E-state index contributed by atoms with van der Waals surface area (Å²) < 4.78 is 12.5. The average Bonchev–Trinajstić information content (AvgIpc) is 3.03. The largest absolute Gasteiger partial charge is 0.374 e. The lowest BCUT2D eigenvalue weighted by Crippen LogP contribution is -2.52. The summed E-state index contributed by atoms with van der Waals surface area (Å²) >= 11 is 0. The molecule has 2 unspecified atom stereocenters. The second-order valence-corrected chi connectivity index (χ2v) is 14.3. The number of rotatable bonds is 38. The molecule has 0 saturated carbocycles. The highest BCUT2D eigenvalue weighted by Gasteiger charge is 2.30. The van der Waals surface area contributed by atoms with E-state index < -0.39 is 5.72 Å². The summed E-state index contributed by atoms with van der Waals surface area (Å²) in [6.07, 6.45) is 45.0. The SMILES string of the molecule is CCCCCCCCCCCCCCCCCCOC(C)C(C)(NC)OCCCCCCCCCCCCCCCCCC. The number of likely N-dealkylation sites (N-methyl/N-ethyl adjacent to an activating group) is 1. The van der Waals surface area contributed by atoms with E-state index in [2.05, 4.69) is 33.0 Å². The van der Waals surface area contributed by atoms with Crippen LogP contribution in [0.1, 0.15) is 233 Å². The fourth-order valence-electron chi connectivity index (χ4n) is 6.40. The van der Waals surface area contributed by atoms with Gasteiger partial charge in [0.2, 0.25) is 0 Å². The lowest BCUT2D eigenvalue weighted by atomic mass is 10.0. The molecule has 0 saturated heterocycles. The minimum Gasteiger partial charge on any atom is -0.374 e. The van der Waals surface area contributed by atoms with Gasteiger partial charge in [-0.2, -0.15) is 0 Å². The first-order valence-corrected chi connectivity index (χ1v) is 20.5. The fraction of sp³-hybridized carbons (Fsp3) is 1.00. The molecule has 0 fully saturated rings. The fourth-order valence-corrected chi connectivity index (χ4v) is 6.40. The Morgan fingerprint density at radius 1 is 0.409 bits per heavy atom. The van der Waals surface area contributed by atoms with E-state index in [4.69, 9.17) is 9.47 Å². The van der Waals surface area contributed by atoms with Crippen LogP contribution in [0, 0.1) is 0 Å². The number of ether oxygens (including phenoxy) is 2. The highest BCUT2D eigenvalue weighted by molar-refractivity contribution is 4.78. The van der Waals surface area contributed by atoms with Gasteiger partial charge in [0.15, 0.2) is 0 Å². The topological polar surface area (TPSA) is 30.5 Å². The minimum atomic E-state index is -0.398. The Morgan fingerprint density at radius 3 is 0.932 bits per heavy atom. The van der Waals surface area contributed by atoms with E-state index in [0.717, 1.165) is 19.6 Å². The number of hydrogen-bond acceptors (Lipinski definition) is 3. The Labute approximate surface area is 279 Å². The Hall–Kier alpha value is -0.120. The van der Waals surface area contributed by atoms with E-state index in [-0.39, 0.29) is 6.10 Å². The average molecular weight is 624 g/mol. The van der Waals surface area contributed by atoms with Crippen molar-refractivity contribution < 1.29 is 9.47 Å². The van der Waals surface area contributed by atoms with Crippen molar-refractivity contribution in [2.45, 2.75) is 245 Å². The van der Waals surface area contributed by atoms with Crippen LogP contribution in [0.15, 0.2) is 0 Å². The standard InChI is InChI=1S/C41H85NO2/c1-6-8-10-12-14-16-18-20-22-24-26-28-30-32-34-36-38-43-40(3)41(4,42-5)44-39-37-35-33-31-29-27-25-23-21-19-17-15-13-11-9-7-2/h40,42H,6-39H2,1-5H3. The van der Waals surface area contributed by atoms with Gasteiger partial charge in [-0.25, -0.2) is 0 Å². The van der Waals surface area contributed by atoms with Crippen LogP contribution in [0.2, 0.25) is 0 Å². The van der Waals surface area contributed by atoms with Gasteiger partial charge in [-0.15, -0.1) is 0 Å². The highest BCUT2D eigenvalue weighted by atomic mass is 16.6. The maximum absolute atomic E-state index is 6.31. The molecule has 44 heavy (non-hydrogen) atoms. The van der Waals surface area contributed by atoms with Gasteiger partial charge in [-0.1, -0.05) is 206 Å². The van der Waals surface area contributed by atoms with E-state index in [1.54, 1.807) is 0 Å². The summed E-state index contributed by atoms with van der Waals surface area (Å²) in [5, 5.41) is 3.39. The third-order valence-electron chi connectivity index (χ3n) is 10.0. The Morgan fingerprint density at radius 2 is 0.659 bits per heavy atom. The van der Waals surface area contributed by atoms with Gasteiger partial charge in [0.05, 0.1) is 6.10 Å². The van der Waals surface area contributed by atoms with Crippen LogP contribution >= 0.6 is 0 Å². The van der Waals surface area contributed by atoms with Crippen molar-refractivity contribution in [1.29, 1.82) is 0 Å². The van der Waals surface area contributed by atoms with Crippen LogP contribution in [0.25, 0.3) is 0 Å². The van der Waals surface area contributed by atoms with Gasteiger partial charge in [0, 0.05) is 13.2 Å². The predicted molar refractivity (Wildman–Crippen MR) is 198 cm³/mol. The minimum absolute atomic E-state index is 0.0601. The molecule has 0 aliphatic carbocycles. The monoisotopic (exact) mass is 624 g/mol. The first-order chi connectivity index (χ1) is 21.6. The molecule has 0 aromatic heterocycles. The summed E-state index contributed by atoms with van der Waals surface area (Å²) in [4.78, 5) is 0. The molecule has 0 aromatic carbocycles. The zero-order chi connectivity index (χ0) is 32.2. The molecular weight excluding hydrogens is 538 g/mol. The van der Waals surface area contributed by atoms with Gasteiger partial charge >= 0.3 is 0 Å². The van der Waals surface area contributed by atoms with Crippen molar-refractivity contribution in [3.8, 4) is 0 Å². The lowest BCUT2D eigenvalue weighted by Gasteiger charge is -2.35. The van der Waals surface area contributed by atoms with Crippen LogP contribution in [-0.4, -0.2) is 32.1 Å². The van der Waals surface area contributed by atoms with Crippen molar-refractivity contribution in [2.24, 2.45) is 0 Å². The van der Waals surface area contributed by atoms with E-state index >= 15 is 0 Å². The Kier molecular flexibility index (Phi) is 35.6. The van der Waals surface area contributed by atoms with Crippen molar-refractivity contribution in [3.63, 3.8) is 0 Å². The maximum Gasteiger partial charge on any atom is 0.142 e. The molecule has 0 bridgehead atoms. The normalized spacial score (nSPS) is 13.8. The molecule has 2 atom stereocenters. The molecule has 0 heterocycles. The Bertz CT molecular complexity index is 527. The molecule has 0 aromatic rings. The third-order valence-corrected chi connectivity index (χ3v) is 10.0. The van der Waals surface area contributed by atoms with Crippen LogP contribution < -0.4 is 5.32 Å². The van der Waals surface area contributed by atoms with Crippen molar-refractivity contribution in [3.05, 3.63) is 0 Å². The zero-order valence-electron chi connectivity index (χ0n) is 31.4. The molecule has 0 aliphatic rings. The molecule has 0 aliphatic heterocycles. The molecule has 0 amide bonds. The molecule has 3 heteroatoms. The first-order valence-electron chi connectivity index (χ1n) is 20.5. The summed E-state index contributed by atoms with van der Waals surface area (Å²) in [5.74, 6) is 0. The Balaban J connectivity index is 3.49. The van der Waals surface area contributed by atoms with Gasteiger partial charge < -0.3 is 9.47 Å². The molecule has 0 radical (unpaired) electrons. The van der Waals surface area contributed by atoms with Crippen LogP contribution in [-0.2, 0) is 9.47 Å². The van der Waals surface area contributed by atoms with E-state index in [1.165, 1.54) is 199 Å². The second-order valence-electron chi connectivity index (χ2n) is 14.3. The first kappa shape index (κ1) is 43.9. The zero-order valence-corrected chi connectivity index (χ0v) is 31.4. The predicted octanol–water partition coefficient (Wildman–Crippen LogP) is 13.9. The summed E-state index contributed by atoms with van der Waals surface area (Å²) in [6.45, 7) is 10.6. The smallest absolute Gasteiger partial charge is 0.142 e. The highest BCUT2D eigenvalue weighted by Crippen LogP contribution is 2.19. The molecule has 0 rings (SSSR count). The molecule has 266 valence electrons. The van der Waals surface area contributed by atoms with E-state index in [1.807, 2.05) is 7.05 Å². The van der Waals surface area contributed by atoms with Crippen molar-refractivity contribution >= 4 is 0 Å². The molecule has 0 spiro atoms. The number of unbranched alkanes of at least 4 members (excludes halogenated alkanes) is 30.